The van der Waals surface area contributed by atoms with Crippen molar-refractivity contribution in [2.45, 2.75) is 37.6 Å². The predicted octanol–water partition coefficient (Wildman–Crippen LogP) is 4.30. The molecule has 18 heavy (non-hydrogen) atoms. The lowest BCUT2D eigenvalue weighted by Gasteiger charge is -2.19. The minimum Gasteiger partial charge on any atom is -0.327 e. The van der Waals surface area contributed by atoms with Crippen LogP contribution in [0.1, 0.15) is 24.8 Å². The third-order valence-electron chi connectivity index (χ3n) is 3.50. The normalized spacial score (nSPS) is 24.2. The highest BCUT2D eigenvalue weighted by atomic mass is 35.5. The monoisotopic (exact) mass is 293 g/mol. The molecule has 2 rings (SSSR count). The van der Waals surface area contributed by atoms with Crippen LogP contribution >= 0.6 is 23.2 Å². The molecule has 5 heteroatoms. The summed E-state index contributed by atoms with van der Waals surface area (Å²) in [6.45, 7) is 0. The Balaban J connectivity index is 1.99. The molecule has 1 aliphatic carbocycles. The topological polar surface area (TPSA) is 26.0 Å². The van der Waals surface area contributed by atoms with Gasteiger partial charge in [-0.25, -0.2) is 8.78 Å². The number of hydrogen-bond donors (Lipinski definition) is 1. The fraction of sp³-hybridized carbons (Fsp3) is 0.538. The van der Waals surface area contributed by atoms with Crippen LogP contribution in [0, 0.1) is 5.92 Å². The first kappa shape index (κ1) is 14.0. The Morgan fingerprint density at radius 3 is 2.61 bits per heavy atom. The molecule has 1 aromatic rings. The van der Waals surface area contributed by atoms with Gasteiger partial charge in [-0.3, -0.25) is 0 Å². The summed E-state index contributed by atoms with van der Waals surface area (Å²) >= 11 is 11.7. The van der Waals surface area contributed by atoms with Gasteiger partial charge in [0.15, 0.2) is 0 Å². The van der Waals surface area contributed by atoms with Gasteiger partial charge in [0.05, 0.1) is 10.0 Å². The maximum Gasteiger partial charge on any atom is 0.248 e. The zero-order valence-electron chi connectivity index (χ0n) is 9.80. The second kappa shape index (κ2) is 5.32. The van der Waals surface area contributed by atoms with Crippen molar-refractivity contribution in [2.75, 3.05) is 0 Å². The van der Waals surface area contributed by atoms with Gasteiger partial charge in [-0.1, -0.05) is 29.3 Å². The first-order chi connectivity index (χ1) is 8.37. The summed E-state index contributed by atoms with van der Waals surface area (Å²) in [5.41, 5.74) is 6.95. The molecular weight excluding hydrogens is 279 g/mol. The van der Waals surface area contributed by atoms with Crippen LogP contribution < -0.4 is 5.73 Å². The maximum atomic E-state index is 13.1. The lowest BCUT2D eigenvalue weighted by atomic mass is 9.93. The summed E-state index contributed by atoms with van der Waals surface area (Å²) in [4.78, 5) is 0. The zero-order valence-corrected chi connectivity index (χ0v) is 11.3. The van der Waals surface area contributed by atoms with Crippen LogP contribution in [0.3, 0.4) is 0 Å². The Hall–Kier alpha value is -0.380. The smallest absolute Gasteiger partial charge is 0.248 e. The van der Waals surface area contributed by atoms with Gasteiger partial charge in [0.2, 0.25) is 5.92 Å². The molecule has 0 bridgehead atoms. The molecule has 100 valence electrons. The van der Waals surface area contributed by atoms with Crippen molar-refractivity contribution in [1.29, 1.82) is 0 Å². The lowest BCUT2D eigenvalue weighted by Crippen LogP contribution is -2.31. The molecule has 0 heterocycles. The fourth-order valence-electron chi connectivity index (χ4n) is 2.46. The van der Waals surface area contributed by atoms with E-state index in [9.17, 15) is 8.78 Å². The second-order valence-electron chi connectivity index (χ2n) is 4.98. The molecular formula is C13H15Cl2F2N. The van der Waals surface area contributed by atoms with E-state index in [0.29, 0.717) is 22.9 Å². The van der Waals surface area contributed by atoms with Gasteiger partial charge in [0.25, 0.3) is 0 Å². The van der Waals surface area contributed by atoms with Gasteiger partial charge < -0.3 is 5.73 Å². The van der Waals surface area contributed by atoms with E-state index in [0.717, 1.165) is 5.56 Å². The molecule has 1 saturated carbocycles. The van der Waals surface area contributed by atoms with Crippen molar-refractivity contribution in [3.05, 3.63) is 33.8 Å². The molecule has 1 aliphatic rings. The third-order valence-corrected chi connectivity index (χ3v) is 4.24. The number of halogens is 4. The molecule has 0 spiro atoms. The Morgan fingerprint density at radius 1 is 1.33 bits per heavy atom. The Kier molecular flexibility index (Phi) is 4.15. The van der Waals surface area contributed by atoms with Gasteiger partial charge in [0, 0.05) is 18.9 Å². The van der Waals surface area contributed by atoms with Crippen LogP contribution in [0.5, 0.6) is 0 Å². The first-order valence-electron chi connectivity index (χ1n) is 5.95. The molecule has 0 amide bonds. The third kappa shape index (κ3) is 3.34. The molecule has 0 saturated heterocycles. The summed E-state index contributed by atoms with van der Waals surface area (Å²) in [5.74, 6) is -2.66. The molecule has 1 fully saturated rings. The average Bonchev–Trinajstić information content (AvgIpc) is 2.64. The number of rotatable bonds is 3. The molecule has 2 atom stereocenters. The van der Waals surface area contributed by atoms with Crippen LogP contribution in [0.2, 0.25) is 10.0 Å². The van der Waals surface area contributed by atoms with E-state index in [2.05, 4.69) is 0 Å². The molecule has 0 aliphatic heterocycles. The number of benzene rings is 1. The van der Waals surface area contributed by atoms with E-state index in [1.54, 1.807) is 12.1 Å². The molecule has 2 N–H and O–H groups in total. The van der Waals surface area contributed by atoms with Crippen LogP contribution in [0.4, 0.5) is 8.78 Å². The summed E-state index contributed by atoms with van der Waals surface area (Å²) in [6, 6.07) is 5.03. The Morgan fingerprint density at radius 2 is 2.06 bits per heavy atom. The van der Waals surface area contributed by atoms with Gasteiger partial charge >= 0.3 is 0 Å². The minimum absolute atomic E-state index is 0.0489. The number of alkyl halides is 2. The molecule has 1 nitrogen and oxygen atoms in total. The molecule has 2 unspecified atom stereocenters. The predicted molar refractivity (Wildman–Crippen MR) is 70.4 cm³/mol. The first-order valence-corrected chi connectivity index (χ1v) is 6.70. The van der Waals surface area contributed by atoms with Crippen LogP contribution in [-0.2, 0) is 6.42 Å². The highest BCUT2D eigenvalue weighted by Crippen LogP contribution is 2.40. The van der Waals surface area contributed by atoms with Crippen LogP contribution in [0.25, 0.3) is 0 Å². The van der Waals surface area contributed by atoms with Crippen molar-refractivity contribution < 1.29 is 8.78 Å². The van der Waals surface area contributed by atoms with E-state index in [4.69, 9.17) is 28.9 Å². The van der Waals surface area contributed by atoms with Crippen LogP contribution in [0.15, 0.2) is 18.2 Å². The number of nitrogens with two attached hydrogens (primary N) is 1. The van der Waals surface area contributed by atoms with E-state index < -0.39 is 5.92 Å². The average molecular weight is 294 g/mol. The quantitative estimate of drug-likeness (QED) is 0.883. The highest BCUT2D eigenvalue weighted by molar-refractivity contribution is 6.42. The van der Waals surface area contributed by atoms with Crippen LogP contribution in [-0.4, -0.2) is 12.0 Å². The van der Waals surface area contributed by atoms with Crippen molar-refractivity contribution in [3.8, 4) is 0 Å². The van der Waals surface area contributed by atoms with Crippen molar-refractivity contribution in [2.24, 2.45) is 11.7 Å². The summed E-state index contributed by atoms with van der Waals surface area (Å²) in [6.07, 6.45) is 0.898. The molecule has 0 aromatic heterocycles. The summed E-state index contributed by atoms with van der Waals surface area (Å²) < 4.78 is 26.2. The summed E-state index contributed by atoms with van der Waals surface area (Å²) in [7, 11) is 0. The Labute approximate surface area is 115 Å². The standard InChI is InChI=1S/C13H15Cl2F2N/c14-10-2-1-8(5-11(10)15)6-12(18)9-3-4-13(16,17)7-9/h1-2,5,9,12H,3-4,6-7,18H2. The van der Waals surface area contributed by atoms with Gasteiger partial charge in [-0.15, -0.1) is 0 Å². The fourth-order valence-corrected chi connectivity index (χ4v) is 2.78. The number of hydrogen-bond acceptors (Lipinski definition) is 1. The van der Waals surface area contributed by atoms with E-state index in [1.165, 1.54) is 0 Å². The molecule has 1 aromatic carbocycles. The van der Waals surface area contributed by atoms with E-state index in [-0.39, 0.29) is 24.8 Å². The van der Waals surface area contributed by atoms with Gasteiger partial charge in [0.1, 0.15) is 0 Å². The maximum absolute atomic E-state index is 13.1. The highest BCUT2D eigenvalue weighted by Gasteiger charge is 2.41. The lowest BCUT2D eigenvalue weighted by molar-refractivity contribution is 0.00393. The SMILES string of the molecule is NC(Cc1ccc(Cl)c(Cl)c1)C1CCC(F)(F)C1. The minimum atomic E-state index is -2.54. The van der Waals surface area contributed by atoms with E-state index in [1.807, 2.05) is 6.07 Å². The summed E-state index contributed by atoms with van der Waals surface area (Å²) in [5, 5.41) is 0.958. The van der Waals surface area contributed by atoms with E-state index >= 15 is 0 Å². The zero-order chi connectivity index (χ0) is 13.3. The Bertz CT molecular complexity index is 437. The van der Waals surface area contributed by atoms with Crippen molar-refractivity contribution >= 4 is 23.2 Å². The largest absolute Gasteiger partial charge is 0.327 e. The van der Waals surface area contributed by atoms with Crippen molar-refractivity contribution in [1.82, 2.24) is 0 Å². The van der Waals surface area contributed by atoms with Crippen molar-refractivity contribution in [3.63, 3.8) is 0 Å². The second-order valence-corrected chi connectivity index (χ2v) is 5.79. The molecule has 0 radical (unpaired) electrons. The van der Waals surface area contributed by atoms with Gasteiger partial charge in [-0.2, -0.15) is 0 Å². The van der Waals surface area contributed by atoms with Gasteiger partial charge in [-0.05, 0) is 36.5 Å².